The Morgan fingerprint density at radius 3 is 2.81 bits per heavy atom. The zero-order valence-electron chi connectivity index (χ0n) is 13.8. The highest BCUT2D eigenvalue weighted by Gasteiger charge is 2.23. The summed E-state index contributed by atoms with van der Waals surface area (Å²) in [6.07, 6.45) is -1.12. The Morgan fingerprint density at radius 1 is 1.27 bits per heavy atom. The molecule has 3 rings (SSSR count). The van der Waals surface area contributed by atoms with Crippen LogP contribution in [0.15, 0.2) is 36.4 Å². The zero-order chi connectivity index (χ0) is 18.7. The van der Waals surface area contributed by atoms with Gasteiger partial charge < -0.3 is 19.5 Å². The first-order valence-electron chi connectivity index (χ1n) is 7.77. The first-order chi connectivity index (χ1) is 12.5. The largest absolute Gasteiger partial charge is 0.454 e. The lowest BCUT2D eigenvalue weighted by molar-refractivity contribution is -0.129. The van der Waals surface area contributed by atoms with Crippen molar-refractivity contribution in [2.75, 3.05) is 6.79 Å². The monoisotopic (exact) mass is 379 g/mol. The van der Waals surface area contributed by atoms with E-state index in [9.17, 15) is 14.0 Å². The summed E-state index contributed by atoms with van der Waals surface area (Å²) in [6, 6.07) is 9.10. The maximum absolute atomic E-state index is 13.7. The molecular weight excluding hydrogens is 365 g/mol. The Kier molecular flexibility index (Phi) is 5.27. The van der Waals surface area contributed by atoms with Crippen LogP contribution in [0, 0.1) is 5.82 Å². The first-order valence-corrected chi connectivity index (χ1v) is 8.14. The molecule has 1 amide bonds. The predicted molar refractivity (Wildman–Crippen MR) is 90.7 cm³/mol. The van der Waals surface area contributed by atoms with E-state index < -0.39 is 29.4 Å². The van der Waals surface area contributed by atoms with Crippen molar-refractivity contribution in [3.05, 3.63) is 58.4 Å². The van der Waals surface area contributed by atoms with Gasteiger partial charge in [0, 0.05) is 6.54 Å². The minimum atomic E-state index is -1.12. The zero-order valence-corrected chi connectivity index (χ0v) is 14.5. The molecule has 0 bridgehead atoms. The van der Waals surface area contributed by atoms with Crippen molar-refractivity contribution in [1.82, 2.24) is 5.32 Å². The van der Waals surface area contributed by atoms with Crippen LogP contribution in [0.3, 0.4) is 0 Å². The Hall–Kier alpha value is -2.80. The average molecular weight is 380 g/mol. The van der Waals surface area contributed by atoms with Crippen LogP contribution >= 0.6 is 11.6 Å². The van der Waals surface area contributed by atoms with E-state index >= 15 is 0 Å². The summed E-state index contributed by atoms with van der Waals surface area (Å²) in [5.41, 5.74) is 0.392. The number of hydrogen-bond acceptors (Lipinski definition) is 5. The van der Waals surface area contributed by atoms with Crippen molar-refractivity contribution in [2.24, 2.45) is 0 Å². The number of halogens is 2. The summed E-state index contributed by atoms with van der Waals surface area (Å²) >= 11 is 5.81. The number of carbonyl (C=O) groups excluding carboxylic acids is 2. The van der Waals surface area contributed by atoms with Crippen LogP contribution in [-0.2, 0) is 16.1 Å². The molecule has 0 aliphatic carbocycles. The van der Waals surface area contributed by atoms with Gasteiger partial charge in [-0.05, 0) is 36.8 Å². The summed E-state index contributed by atoms with van der Waals surface area (Å²) in [6.45, 7) is 1.76. The second-order valence-corrected chi connectivity index (χ2v) is 5.96. The number of amides is 1. The van der Waals surface area contributed by atoms with Crippen molar-refractivity contribution < 1.29 is 28.2 Å². The minimum absolute atomic E-state index is 0.0806. The molecular formula is C18H15ClFNO5. The fourth-order valence-electron chi connectivity index (χ4n) is 2.35. The molecule has 0 saturated heterocycles. The Labute approximate surface area is 153 Å². The fourth-order valence-corrected chi connectivity index (χ4v) is 2.59. The van der Waals surface area contributed by atoms with Crippen LogP contribution in [0.25, 0.3) is 0 Å². The molecule has 0 fully saturated rings. The van der Waals surface area contributed by atoms with E-state index in [0.717, 1.165) is 11.6 Å². The van der Waals surface area contributed by atoms with Crippen molar-refractivity contribution in [3.63, 3.8) is 0 Å². The second-order valence-electron chi connectivity index (χ2n) is 5.55. The summed E-state index contributed by atoms with van der Waals surface area (Å²) in [7, 11) is 0. The average Bonchev–Trinajstić information content (AvgIpc) is 3.07. The predicted octanol–water partition coefficient (Wildman–Crippen LogP) is 3.07. The maximum atomic E-state index is 13.7. The third-order valence-electron chi connectivity index (χ3n) is 3.72. The first kappa shape index (κ1) is 18.0. The lowest BCUT2D eigenvalue weighted by Gasteiger charge is -2.14. The van der Waals surface area contributed by atoms with E-state index in [-0.39, 0.29) is 18.4 Å². The van der Waals surface area contributed by atoms with E-state index in [0.29, 0.717) is 11.5 Å². The molecule has 26 heavy (non-hydrogen) atoms. The van der Waals surface area contributed by atoms with E-state index in [1.165, 1.54) is 19.1 Å². The molecule has 1 atom stereocenters. The number of ether oxygens (including phenoxy) is 3. The third kappa shape index (κ3) is 3.88. The van der Waals surface area contributed by atoms with Crippen LogP contribution in [0.2, 0.25) is 5.02 Å². The highest BCUT2D eigenvalue weighted by molar-refractivity contribution is 6.33. The molecule has 1 aliphatic rings. The van der Waals surface area contributed by atoms with Gasteiger partial charge in [-0.1, -0.05) is 23.7 Å². The van der Waals surface area contributed by atoms with Gasteiger partial charge in [-0.2, -0.15) is 0 Å². The molecule has 136 valence electrons. The van der Waals surface area contributed by atoms with Crippen LogP contribution in [0.4, 0.5) is 4.39 Å². The van der Waals surface area contributed by atoms with E-state index in [1.807, 2.05) is 0 Å². The molecule has 6 nitrogen and oxygen atoms in total. The normalized spacial score (nSPS) is 13.2. The molecule has 1 heterocycles. The smallest absolute Gasteiger partial charge is 0.343 e. The lowest BCUT2D eigenvalue weighted by atomic mass is 10.2. The van der Waals surface area contributed by atoms with Crippen LogP contribution in [-0.4, -0.2) is 24.8 Å². The summed E-state index contributed by atoms with van der Waals surface area (Å²) in [5.74, 6) is -1.09. The lowest BCUT2D eigenvalue weighted by Crippen LogP contribution is -2.35. The number of carbonyl (C=O) groups is 2. The van der Waals surface area contributed by atoms with Gasteiger partial charge in [0.2, 0.25) is 6.79 Å². The number of hydrogen-bond donors (Lipinski definition) is 1. The fraction of sp³-hybridized carbons (Fsp3) is 0.222. The molecule has 2 aromatic rings. The number of esters is 1. The van der Waals surface area contributed by atoms with Gasteiger partial charge >= 0.3 is 5.97 Å². The van der Waals surface area contributed by atoms with Crippen LogP contribution in [0.1, 0.15) is 22.8 Å². The molecule has 1 aliphatic heterocycles. The third-order valence-corrected chi connectivity index (χ3v) is 4.04. The van der Waals surface area contributed by atoms with Gasteiger partial charge in [0.25, 0.3) is 5.91 Å². The van der Waals surface area contributed by atoms with E-state index in [4.69, 9.17) is 25.8 Å². The summed E-state index contributed by atoms with van der Waals surface area (Å²) in [5, 5.41) is 2.56. The van der Waals surface area contributed by atoms with E-state index in [2.05, 4.69) is 5.32 Å². The number of rotatable bonds is 5. The topological polar surface area (TPSA) is 73.9 Å². The van der Waals surface area contributed by atoms with Crippen LogP contribution in [0.5, 0.6) is 11.5 Å². The summed E-state index contributed by atoms with van der Waals surface area (Å²) in [4.78, 5) is 24.2. The van der Waals surface area contributed by atoms with Gasteiger partial charge in [-0.15, -0.1) is 0 Å². The Bertz CT molecular complexity index is 837. The number of benzene rings is 2. The van der Waals surface area contributed by atoms with Gasteiger partial charge in [0.1, 0.15) is 11.4 Å². The number of fused-ring (bicyclic) bond motifs is 1. The molecule has 0 radical (unpaired) electrons. The standard InChI is InChI=1S/C18H15ClFNO5/c1-10(26-18(23)16-12(19)3-2-4-13(16)20)17(22)21-8-11-5-6-14-15(7-11)25-9-24-14/h2-7,10H,8-9H2,1H3,(H,21,22). The molecule has 0 saturated carbocycles. The molecule has 1 N–H and O–H groups in total. The van der Waals surface area contributed by atoms with Gasteiger partial charge in [0.05, 0.1) is 5.02 Å². The molecule has 1 unspecified atom stereocenters. The van der Waals surface area contributed by atoms with Crippen molar-refractivity contribution >= 4 is 23.5 Å². The van der Waals surface area contributed by atoms with Gasteiger partial charge in [-0.3, -0.25) is 4.79 Å². The molecule has 0 spiro atoms. The Balaban J connectivity index is 1.57. The van der Waals surface area contributed by atoms with Crippen molar-refractivity contribution in [1.29, 1.82) is 0 Å². The summed E-state index contributed by atoms with van der Waals surface area (Å²) < 4.78 is 29.2. The SMILES string of the molecule is CC(OC(=O)c1c(F)cccc1Cl)C(=O)NCc1ccc2c(c1)OCO2. The second kappa shape index (κ2) is 7.61. The van der Waals surface area contributed by atoms with Gasteiger partial charge in [-0.25, -0.2) is 9.18 Å². The van der Waals surface area contributed by atoms with E-state index in [1.54, 1.807) is 18.2 Å². The molecule has 2 aromatic carbocycles. The maximum Gasteiger partial charge on any atom is 0.343 e. The molecule has 8 heteroatoms. The van der Waals surface area contributed by atoms with Crippen molar-refractivity contribution in [2.45, 2.75) is 19.6 Å². The number of nitrogens with one attached hydrogen (secondary N) is 1. The van der Waals surface area contributed by atoms with Gasteiger partial charge in [0.15, 0.2) is 17.6 Å². The van der Waals surface area contributed by atoms with Crippen molar-refractivity contribution in [3.8, 4) is 11.5 Å². The Morgan fingerprint density at radius 2 is 2.04 bits per heavy atom. The highest BCUT2D eigenvalue weighted by atomic mass is 35.5. The molecule has 0 aromatic heterocycles. The minimum Gasteiger partial charge on any atom is -0.454 e. The van der Waals surface area contributed by atoms with Crippen LogP contribution < -0.4 is 14.8 Å². The quantitative estimate of drug-likeness (QED) is 0.808. The highest BCUT2D eigenvalue weighted by Crippen LogP contribution is 2.32.